The summed E-state index contributed by atoms with van der Waals surface area (Å²) >= 11 is 0. The van der Waals surface area contributed by atoms with Gasteiger partial charge in [-0.1, -0.05) is 55.5 Å². The molecular formula is C25H28N2O5. The predicted molar refractivity (Wildman–Crippen MR) is 119 cm³/mol. The number of carbonyl (C=O) groups is 4. The summed E-state index contributed by atoms with van der Waals surface area (Å²) in [6, 6.07) is 16.4. The van der Waals surface area contributed by atoms with Gasteiger partial charge in [-0.15, -0.1) is 0 Å². The highest BCUT2D eigenvalue weighted by Gasteiger charge is 2.36. The highest BCUT2D eigenvalue weighted by Crippen LogP contribution is 2.21. The van der Waals surface area contributed by atoms with E-state index in [2.05, 4.69) is 5.32 Å². The third kappa shape index (κ3) is 5.81. The number of hydrogen-bond donors (Lipinski definition) is 2. The van der Waals surface area contributed by atoms with Gasteiger partial charge >= 0.3 is 5.97 Å². The average Bonchev–Trinajstić information content (AvgIpc) is 3.30. The fourth-order valence-corrected chi connectivity index (χ4v) is 4.05. The maximum Gasteiger partial charge on any atom is 0.326 e. The van der Waals surface area contributed by atoms with Crippen LogP contribution >= 0.6 is 0 Å². The molecule has 2 unspecified atom stereocenters. The standard InChI is InChI=1S/C25H28N2O5/c1-17(15-22(28)27-14-8-13-21(27)25(31)32)23(29)20(16-18-9-4-2-5-10-18)26-24(30)19-11-6-3-7-12-19/h2-7,9-12,17,20-21H,8,13-16H2,1H3,(H,26,30)(H,31,32)/t17?,20?,21-/m0/s1. The fraction of sp³-hybridized carbons (Fsp3) is 0.360. The van der Waals surface area contributed by atoms with Gasteiger partial charge in [-0.25, -0.2) is 4.79 Å². The number of rotatable bonds is 9. The molecule has 1 fully saturated rings. The first-order valence-electron chi connectivity index (χ1n) is 10.8. The lowest BCUT2D eigenvalue weighted by Crippen LogP contribution is -2.46. The van der Waals surface area contributed by atoms with E-state index in [4.69, 9.17) is 0 Å². The third-order valence-electron chi connectivity index (χ3n) is 5.79. The van der Waals surface area contributed by atoms with Crippen LogP contribution in [0, 0.1) is 5.92 Å². The van der Waals surface area contributed by atoms with Crippen molar-refractivity contribution in [3.63, 3.8) is 0 Å². The van der Waals surface area contributed by atoms with Crippen LogP contribution < -0.4 is 5.32 Å². The maximum absolute atomic E-state index is 13.3. The summed E-state index contributed by atoms with van der Waals surface area (Å²) in [5.74, 6) is -2.64. The van der Waals surface area contributed by atoms with Crippen molar-refractivity contribution in [1.82, 2.24) is 10.2 Å². The number of Topliss-reactive ketones (excluding diaryl/α,β-unsaturated/α-hetero) is 1. The van der Waals surface area contributed by atoms with Crippen LogP contribution in [0.15, 0.2) is 60.7 Å². The van der Waals surface area contributed by atoms with Crippen LogP contribution in [0.3, 0.4) is 0 Å². The molecule has 7 nitrogen and oxygen atoms in total. The summed E-state index contributed by atoms with van der Waals surface area (Å²) in [5.41, 5.74) is 1.34. The number of ketones is 1. The molecule has 2 amide bonds. The van der Waals surface area contributed by atoms with E-state index in [0.29, 0.717) is 31.4 Å². The lowest BCUT2D eigenvalue weighted by Gasteiger charge is -2.25. The average molecular weight is 437 g/mol. The van der Waals surface area contributed by atoms with Crippen LogP contribution in [-0.2, 0) is 20.8 Å². The number of amides is 2. The van der Waals surface area contributed by atoms with Gasteiger partial charge in [-0.05, 0) is 37.0 Å². The second kappa shape index (κ2) is 10.7. The van der Waals surface area contributed by atoms with Crippen LogP contribution in [0.2, 0.25) is 0 Å². The Balaban J connectivity index is 1.72. The van der Waals surface area contributed by atoms with Gasteiger partial charge in [0.25, 0.3) is 5.91 Å². The topological polar surface area (TPSA) is 104 Å². The highest BCUT2D eigenvalue weighted by atomic mass is 16.4. The Morgan fingerprint density at radius 1 is 1.03 bits per heavy atom. The van der Waals surface area contributed by atoms with E-state index >= 15 is 0 Å². The zero-order chi connectivity index (χ0) is 23.1. The van der Waals surface area contributed by atoms with Crippen molar-refractivity contribution in [2.45, 2.75) is 44.7 Å². The van der Waals surface area contributed by atoms with Crippen LogP contribution in [0.1, 0.15) is 42.1 Å². The maximum atomic E-state index is 13.3. The second-order valence-electron chi connectivity index (χ2n) is 8.17. The largest absolute Gasteiger partial charge is 0.480 e. The molecule has 2 aromatic rings. The summed E-state index contributed by atoms with van der Waals surface area (Å²) < 4.78 is 0. The number of aliphatic carboxylic acids is 1. The molecule has 2 N–H and O–H groups in total. The minimum absolute atomic E-state index is 0.0882. The first-order chi connectivity index (χ1) is 15.4. The third-order valence-corrected chi connectivity index (χ3v) is 5.79. The number of carboxylic acids is 1. The van der Waals surface area contributed by atoms with E-state index in [1.165, 1.54) is 4.90 Å². The van der Waals surface area contributed by atoms with Gasteiger partial charge in [-0.3, -0.25) is 14.4 Å². The molecule has 168 valence electrons. The lowest BCUT2D eigenvalue weighted by molar-refractivity contribution is -0.148. The van der Waals surface area contributed by atoms with Crippen molar-refractivity contribution in [3.8, 4) is 0 Å². The molecule has 0 radical (unpaired) electrons. The van der Waals surface area contributed by atoms with Crippen LogP contribution in [-0.4, -0.2) is 52.2 Å². The van der Waals surface area contributed by atoms with Gasteiger partial charge in [-0.2, -0.15) is 0 Å². The molecule has 0 bridgehead atoms. The molecule has 0 aromatic heterocycles. The monoisotopic (exact) mass is 436 g/mol. The molecule has 3 atom stereocenters. The molecule has 1 heterocycles. The summed E-state index contributed by atoms with van der Waals surface area (Å²) in [4.78, 5) is 51.5. The molecule has 0 aliphatic carbocycles. The van der Waals surface area contributed by atoms with E-state index < -0.39 is 24.0 Å². The van der Waals surface area contributed by atoms with E-state index in [9.17, 15) is 24.3 Å². The van der Waals surface area contributed by atoms with Gasteiger partial charge in [0.15, 0.2) is 5.78 Å². The molecular weight excluding hydrogens is 408 g/mol. The number of carbonyl (C=O) groups excluding carboxylic acids is 3. The van der Waals surface area contributed by atoms with Gasteiger partial charge in [0.2, 0.25) is 5.91 Å². The second-order valence-corrected chi connectivity index (χ2v) is 8.17. The first kappa shape index (κ1) is 23.2. The van der Waals surface area contributed by atoms with E-state index in [1.54, 1.807) is 37.3 Å². The number of carboxylic acid groups (broad SMARTS) is 1. The number of hydrogen-bond acceptors (Lipinski definition) is 4. The number of nitrogens with one attached hydrogen (secondary N) is 1. The van der Waals surface area contributed by atoms with Crippen molar-refractivity contribution < 1.29 is 24.3 Å². The molecule has 1 aliphatic rings. The first-order valence-corrected chi connectivity index (χ1v) is 10.8. The van der Waals surface area contributed by atoms with Gasteiger partial charge in [0, 0.05) is 24.4 Å². The smallest absolute Gasteiger partial charge is 0.326 e. The summed E-state index contributed by atoms with van der Waals surface area (Å²) in [5, 5.41) is 12.2. The number of nitrogens with zero attached hydrogens (tertiary/aromatic N) is 1. The van der Waals surface area contributed by atoms with Crippen LogP contribution in [0.5, 0.6) is 0 Å². The summed E-state index contributed by atoms with van der Waals surface area (Å²) in [7, 11) is 0. The highest BCUT2D eigenvalue weighted by molar-refractivity contribution is 5.99. The number of likely N-dealkylation sites (tertiary alicyclic amines) is 1. The molecule has 2 aromatic carbocycles. The van der Waals surface area contributed by atoms with Crippen molar-refractivity contribution in [2.75, 3.05) is 6.54 Å². The zero-order valence-corrected chi connectivity index (χ0v) is 18.1. The predicted octanol–water partition coefficient (Wildman–Crippen LogP) is 2.70. The van der Waals surface area contributed by atoms with Crippen LogP contribution in [0.4, 0.5) is 0 Å². The molecule has 1 saturated heterocycles. The van der Waals surface area contributed by atoms with Gasteiger partial charge in [0.05, 0.1) is 6.04 Å². The molecule has 1 aliphatic heterocycles. The van der Waals surface area contributed by atoms with Crippen molar-refractivity contribution in [1.29, 1.82) is 0 Å². The molecule has 7 heteroatoms. The van der Waals surface area contributed by atoms with Crippen molar-refractivity contribution in [2.24, 2.45) is 5.92 Å². The number of benzene rings is 2. The van der Waals surface area contributed by atoms with Gasteiger partial charge < -0.3 is 15.3 Å². The lowest BCUT2D eigenvalue weighted by atomic mass is 9.91. The summed E-state index contributed by atoms with van der Waals surface area (Å²) in [6.07, 6.45) is 1.27. The van der Waals surface area contributed by atoms with Crippen molar-refractivity contribution >= 4 is 23.6 Å². The Labute approximate surface area is 187 Å². The van der Waals surface area contributed by atoms with E-state index in [1.807, 2.05) is 30.3 Å². The Morgan fingerprint density at radius 2 is 1.66 bits per heavy atom. The quantitative estimate of drug-likeness (QED) is 0.629. The van der Waals surface area contributed by atoms with Gasteiger partial charge in [0.1, 0.15) is 6.04 Å². The summed E-state index contributed by atoms with van der Waals surface area (Å²) in [6.45, 7) is 2.04. The van der Waals surface area contributed by atoms with E-state index in [0.717, 1.165) is 5.56 Å². The van der Waals surface area contributed by atoms with Crippen molar-refractivity contribution in [3.05, 3.63) is 71.8 Å². The van der Waals surface area contributed by atoms with E-state index in [-0.39, 0.29) is 24.0 Å². The normalized spacial score (nSPS) is 17.4. The zero-order valence-electron chi connectivity index (χ0n) is 18.1. The fourth-order valence-electron chi connectivity index (χ4n) is 4.05. The minimum Gasteiger partial charge on any atom is -0.480 e. The Kier molecular flexibility index (Phi) is 7.76. The Hall–Kier alpha value is -3.48. The molecule has 3 rings (SSSR count). The Morgan fingerprint density at radius 3 is 2.28 bits per heavy atom. The Bertz CT molecular complexity index is 961. The van der Waals surface area contributed by atoms with Crippen LogP contribution in [0.25, 0.3) is 0 Å². The molecule has 32 heavy (non-hydrogen) atoms. The molecule has 0 saturated carbocycles. The molecule has 0 spiro atoms. The minimum atomic E-state index is -1.02. The SMILES string of the molecule is CC(CC(=O)N1CCC[C@H]1C(=O)O)C(=O)C(Cc1ccccc1)NC(=O)c1ccccc1.